The number of urea groups is 1. The highest BCUT2D eigenvalue weighted by Crippen LogP contribution is 2.29. The summed E-state index contributed by atoms with van der Waals surface area (Å²) in [6.07, 6.45) is 2.21. The van der Waals surface area contributed by atoms with E-state index in [0.29, 0.717) is 29.4 Å². The molecule has 0 aliphatic rings. The first-order valence-corrected chi connectivity index (χ1v) is 9.04. The van der Waals surface area contributed by atoms with E-state index in [4.69, 9.17) is 19.9 Å². The van der Waals surface area contributed by atoms with Crippen molar-refractivity contribution in [1.82, 2.24) is 5.32 Å². The molecule has 0 unspecified atom stereocenters. The van der Waals surface area contributed by atoms with Crippen LogP contribution in [0, 0.1) is 0 Å². The zero-order valence-electron chi connectivity index (χ0n) is 14.9. The summed E-state index contributed by atoms with van der Waals surface area (Å²) in [6.45, 7) is -0.497. The van der Waals surface area contributed by atoms with Crippen LogP contribution in [0.2, 0.25) is 0 Å². The molecule has 0 radical (unpaired) electrons. The van der Waals surface area contributed by atoms with Gasteiger partial charge >= 0.3 is 12.0 Å². The van der Waals surface area contributed by atoms with Gasteiger partial charge in [-0.1, -0.05) is 0 Å². The monoisotopic (exact) mass is 385 g/mol. The Labute approximate surface area is 155 Å². The summed E-state index contributed by atoms with van der Waals surface area (Å²) in [7, 11) is 2.98. The van der Waals surface area contributed by atoms with E-state index in [1.165, 1.54) is 26.0 Å². The van der Waals surface area contributed by atoms with E-state index in [1.54, 1.807) is 18.2 Å². The lowest BCUT2D eigenvalue weighted by atomic mass is 10.2. The average Bonchev–Trinajstić information content (AvgIpc) is 2.62. The van der Waals surface area contributed by atoms with Gasteiger partial charge in [0, 0.05) is 11.8 Å². The standard InChI is InChI=1S/C16H23N3O6S/c1-23-12-5-4-10(8-13(12)24-2)18-14(20)9-25-15(21)11(6-7-26-3)19-16(17)22/h4-5,8,11H,6-7,9H2,1-3H3,(H,18,20)(H3,17,19,22)/t11-/m0/s1. The lowest BCUT2D eigenvalue weighted by Crippen LogP contribution is -2.45. The number of hydrogen-bond donors (Lipinski definition) is 3. The van der Waals surface area contributed by atoms with Crippen molar-refractivity contribution >= 4 is 35.4 Å². The van der Waals surface area contributed by atoms with Gasteiger partial charge in [-0.15, -0.1) is 0 Å². The summed E-state index contributed by atoms with van der Waals surface area (Å²) in [5.74, 6) is 0.336. The molecule has 0 bridgehead atoms. The minimum atomic E-state index is -0.895. The number of nitrogens with two attached hydrogens (primary N) is 1. The minimum absolute atomic E-state index is 0.347. The number of ether oxygens (including phenoxy) is 3. The van der Waals surface area contributed by atoms with Crippen molar-refractivity contribution in [1.29, 1.82) is 0 Å². The van der Waals surface area contributed by atoms with E-state index in [9.17, 15) is 14.4 Å². The number of anilines is 1. The fourth-order valence-corrected chi connectivity index (χ4v) is 2.48. The number of hydrogen-bond acceptors (Lipinski definition) is 7. The maximum Gasteiger partial charge on any atom is 0.329 e. The normalized spacial score (nSPS) is 11.2. The average molecular weight is 385 g/mol. The van der Waals surface area contributed by atoms with E-state index < -0.39 is 30.6 Å². The van der Waals surface area contributed by atoms with Crippen LogP contribution in [0.3, 0.4) is 0 Å². The first-order chi connectivity index (χ1) is 12.4. The van der Waals surface area contributed by atoms with E-state index in [2.05, 4.69) is 10.6 Å². The first kappa shape index (κ1) is 21.4. The maximum absolute atomic E-state index is 12.0. The number of benzene rings is 1. The van der Waals surface area contributed by atoms with E-state index in [-0.39, 0.29) is 0 Å². The van der Waals surface area contributed by atoms with Gasteiger partial charge in [-0.3, -0.25) is 4.79 Å². The number of primary amides is 1. The molecule has 10 heteroatoms. The molecule has 0 saturated heterocycles. The Bertz CT molecular complexity index is 640. The van der Waals surface area contributed by atoms with E-state index in [0.717, 1.165) is 0 Å². The van der Waals surface area contributed by atoms with Crippen molar-refractivity contribution in [3.05, 3.63) is 18.2 Å². The predicted molar refractivity (Wildman–Crippen MR) is 98.6 cm³/mol. The van der Waals surface area contributed by atoms with E-state index >= 15 is 0 Å². The molecule has 144 valence electrons. The number of amides is 3. The van der Waals surface area contributed by atoms with Crippen molar-refractivity contribution in [2.24, 2.45) is 5.73 Å². The van der Waals surface area contributed by atoms with Crippen molar-refractivity contribution in [2.45, 2.75) is 12.5 Å². The van der Waals surface area contributed by atoms with Gasteiger partial charge in [-0.05, 0) is 30.6 Å². The van der Waals surface area contributed by atoms with Crippen LogP contribution in [0.5, 0.6) is 11.5 Å². The summed E-state index contributed by atoms with van der Waals surface area (Å²) in [4.78, 5) is 34.9. The minimum Gasteiger partial charge on any atom is -0.493 e. The number of carbonyl (C=O) groups is 3. The second kappa shape index (κ2) is 11.1. The molecule has 0 saturated carbocycles. The topological polar surface area (TPSA) is 129 Å². The molecule has 0 spiro atoms. The van der Waals surface area contributed by atoms with Gasteiger partial charge in [0.2, 0.25) is 0 Å². The number of methoxy groups -OCH3 is 2. The molecule has 26 heavy (non-hydrogen) atoms. The van der Waals surface area contributed by atoms with Gasteiger partial charge < -0.3 is 30.6 Å². The summed E-state index contributed by atoms with van der Waals surface area (Å²) < 4.78 is 15.2. The van der Waals surface area contributed by atoms with Gasteiger partial charge in [0.15, 0.2) is 18.1 Å². The lowest BCUT2D eigenvalue weighted by molar-refractivity contribution is -0.149. The smallest absolute Gasteiger partial charge is 0.329 e. The SMILES string of the molecule is COc1ccc(NC(=O)COC(=O)[C@H](CCSC)NC(N)=O)cc1OC. The molecule has 0 aliphatic heterocycles. The second-order valence-corrected chi connectivity index (χ2v) is 6.05. The summed E-state index contributed by atoms with van der Waals surface area (Å²) in [6, 6.07) is 3.11. The van der Waals surface area contributed by atoms with Gasteiger partial charge in [0.25, 0.3) is 5.91 Å². The molecule has 3 amide bonds. The van der Waals surface area contributed by atoms with Gasteiger partial charge in [-0.25, -0.2) is 9.59 Å². The number of thioether (sulfide) groups is 1. The molecule has 1 rings (SSSR count). The van der Waals surface area contributed by atoms with Crippen LogP contribution in [0.25, 0.3) is 0 Å². The number of carbonyl (C=O) groups excluding carboxylic acids is 3. The molecular weight excluding hydrogens is 362 g/mol. The number of nitrogens with one attached hydrogen (secondary N) is 2. The molecule has 9 nitrogen and oxygen atoms in total. The molecule has 0 aliphatic carbocycles. The molecule has 1 atom stereocenters. The number of rotatable bonds is 10. The van der Waals surface area contributed by atoms with E-state index in [1.807, 2.05) is 6.26 Å². The van der Waals surface area contributed by atoms with Gasteiger partial charge in [0.1, 0.15) is 6.04 Å². The molecule has 0 heterocycles. The molecule has 0 fully saturated rings. The Morgan fingerprint density at radius 1 is 1.19 bits per heavy atom. The number of esters is 1. The summed E-state index contributed by atoms with van der Waals surface area (Å²) in [5.41, 5.74) is 5.50. The van der Waals surface area contributed by atoms with Crippen LogP contribution in [-0.2, 0) is 14.3 Å². The van der Waals surface area contributed by atoms with Crippen LogP contribution in [0.1, 0.15) is 6.42 Å². The quantitative estimate of drug-likeness (QED) is 0.512. The fraction of sp³-hybridized carbons (Fsp3) is 0.438. The third-order valence-corrected chi connectivity index (χ3v) is 3.87. The van der Waals surface area contributed by atoms with Gasteiger partial charge in [0.05, 0.1) is 14.2 Å². The third-order valence-electron chi connectivity index (χ3n) is 3.22. The van der Waals surface area contributed by atoms with Crippen LogP contribution in [-0.4, -0.2) is 56.8 Å². The highest BCUT2D eigenvalue weighted by Gasteiger charge is 2.22. The Morgan fingerprint density at radius 3 is 2.46 bits per heavy atom. The molecule has 0 aromatic heterocycles. The first-order valence-electron chi connectivity index (χ1n) is 7.64. The molecular formula is C16H23N3O6S. The largest absolute Gasteiger partial charge is 0.493 e. The molecule has 1 aromatic rings. The second-order valence-electron chi connectivity index (χ2n) is 5.07. The zero-order valence-corrected chi connectivity index (χ0v) is 15.7. The van der Waals surface area contributed by atoms with Crippen LogP contribution < -0.4 is 25.8 Å². The van der Waals surface area contributed by atoms with Crippen LogP contribution in [0.15, 0.2) is 18.2 Å². The zero-order chi connectivity index (χ0) is 19.5. The van der Waals surface area contributed by atoms with Crippen molar-refractivity contribution in [3.63, 3.8) is 0 Å². The van der Waals surface area contributed by atoms with Crippen molar-refractivity contribution < 1.29 is 28.6 Å². The predicted octanol–water partition coefficient (Wildman–Crippen LogP) is 0.976. The lowest BCUT2D eigenvalue weighted by Gasteiger charge is -2.16. The third kappa shape index (κ3) is 7.09. The van der Waals surface area contributed by atoms with Gasteiger partial charge in [-0.2, -0.15) is 11.8 Å². The molecule has 1 aromatic carbocycles. The van der Waals surface area contributed by atoms with Crippen LogP contribution in [0.4, 0.5) is 10.5 Å². The Balaban J connectivity index is 2.59. The fourth-order valence-electron chi connectivity index (χ4n) is 2.00. The van der Waals surface area contributed by atoms with Crippen LogP contribution >= 0.6 is 11.8 Å². The Morgan fingerprint density at radius 2 is 1.88 bits per heavy atom. The Hall–Kier alpha value is -2.62. The highest BCUT2D eigenvalue weighted by atomic mass is 32.2. The summed E-state index contributed by atoms with van der Waals surface area (Å²) in [5, 5.41) is 4.88. The molecule has 4 N–H and O–H groups in total. The summed E-state index contributed by atoms with van der Waals surface area (Å²) >= 11 is 1.51. The Kier molecular flexibility index (Phi) is 9.13. The highest BCUT2D eigenvalue weighted by molar-refractivity contribution is 7.98. The van der Waals surface area contributed by atoms with Crippen molar-refractivity contribution in [2.75, 3.05) is 38.2 Å². The van der Waals surface area contributed by atoms with Crippen molar-refractivity contribution in [3.8, 4) is 11.5 Å². The maximum atomic E-state index is 12.0.